The SMILES string of the molecule is CCOC(=O)C(F)(F)C(CC#N)OCc1ccccc1. The van der Waals surface area contributed by atoms with Crippen molar-refractivity contribution >= 4 is 5.97 Å². The molecule has 0 fully saturated rings. The Morgan fingerprint density at radius 1 is 1.40 bits per heavy atom. The number of hydrogen-bond acceptors (Lipinski definition) is 4. The number of carbonyl (C=O) groups excluding carboxylic acids is 1. The molecule has 0 bridgehead atoms. The minimum absolute atomic E-state index is 0.109. The Morgan fingerprint density at radius 3 is 2.60 bits per heavy atom. The standard InChI is InChI=1S/C14H15F2NO3/c1-2-19-13(18)14(15,16)12(8-9-17)20-10-11-6-4-3-5-7-11/h3-7,12H,2,8,10H2,1H3. The van der Waals surface area contributed by atoms with Crippen LogP contribution in [0.1, 0.15) is 18.9 Å². The molecule has 6 heteroatoms. The highest BCUT2D eigenvalue weighted by molar-refractivity contribution is 5.78. The molecule has 0 saturated carbocycles. The molecule has 0 amide bonds. The highest BCUT2D eigenvalue weighted by Crippen LogP contribution is 2.26. The first kappa shape index (κ1) is 16.1. The van der Waals surface area contributed by atoms with Gasteiger partial charge in [-0.3, -0.25) is 0 Å². The number of esters is 1. The lowest BCUT2D eigenvalue weighted by molar-refractivity contribution is -0.195. The van der Waals surface area contributed by atoms with Gasteiger partial charge >= 0.3 is 11.9 Å². The first-order valence-corrected chi connectivity index (χ1v) is 6.09. The normalized spacial score (nSPS) is 12.5. The van der Waals surface area contributed by atoms with Crippen molar-refractivity contribution in [3.63, 3.8) is 0 Å². The number of nitriles is 1. The smallest absolute Gasteiger partial charge is 0.379 e. The van der Waals surface area contributed by atoms with Crippen LogP contribution in [0.2, 0.25) is 0 Å². The molecule has 0 aliphatic rings. The van der Waals surface area contributed by atoms with Crippen LogP contribution in [0.15, 0.2) is 30.3 Å². The summed E-state index contributed by atoms with van der Waals surface area (Å²) in [6.45, 7) is 1.16. The second kappa shape index (κ2) is 7.56. The summed E-state index contributed by atoms with van der Waals surface area (Å²) in [6.07, 6.45) is -2.43. The van der Waals surface area contributed by atoms with Gasteiger partial charge in [0.05, 0.1) is 25.7 Å². The highest BCUT2D eigenvalue weighted by Gasteiger charge is 2.49. The first-order chi connectivity index (χ1) is 9.52. The van der Waals surface area contributed by atoms with Crippen LogP contribution in [0.25, 0.3) is 0 Å². The molecule has 0 heterocycles. The van der Waals surface area contributed by atoms with Crippen LogP contribution in [-0.4, -0.2) is 24.6 Å². The Morgan fingerprint density at radius 2 is 2.05 bits per heavy atom. The third kappa shape index (κ3) is 4.28. The van der Waals surface area contributed by atoms with E-state index < -0.39 is 24.4 Å². The molecule has 0 aliphatic heterocycles. The molecule has 4 nitrogen and oxygen atoms in total. The largest absolute Gasteiger partial charge is 0.461 e. The van der Waals surface area contributed by atoms with E-state index in [4.69, 9.17) is 10.00 Å². The van der Waals surface area contributed by atoms with Crippen LogP contribution in [0.5, 0.6) is 0 Å². The summed E-state index contributed by atoms with van der Waals surface area (Å²) in [5, 5.41) is 8.59. The second-order valence-electron chi connectivity index (χ2n) is 3.99. The molecule has 1 aromatic rings. The quantitative estimate of drug-likeness (QED) is 0.722. The molecule has 0 saturated heterocycles. The fraction of sp³-hybridized carbons (Fsp3) is 0.429. The van der Waals surface area contributed by atoms with E-state index in [0.29, 0.717) is 5.56 Å². The van der Waals surface area contributed by atoms with Gasteiger partial charge in [-0.25, -0.2) is 4.79 Å². The highest BCUT2D eigenvalue weighted by atomic mass is 19.3. The van der Waals surface area contributed by atoms with Gasteiger partial charge in [-0.05, 0) is 12.5 Å². The predicted octanol–water partition coefficient (Wildman–Crippen LogP) is 2.68. The van der Waals surface area contributed by atoms with E-state index in [9.17, 15) is 13.6 Å². The molecular formula is C14H15F2NO3. The number of benzene rings is 1. The molecule has 20 heavy (non-hydrogen) atoms. The average molecular weight is 283 g/mol. The molecule has 1 rings (SSSR count). The van der Waals surface area contributed by atoms with Gasteiger partial charge < -0.3 is 9.47 Å². The maximum Gasteiger partial charge on any atom is 0.379 e. The lowest BCUT2D eigenvalue weighted by atomic mass is 10.1. The number of halogens is 2. The Kier molecular flexibility index (Phi) is 6.07. The zero-order valence-corrected chi connectivity index (χ0v) is 11.0. The lowest BCUT2D eigenvalue weighted by Crippen LogP contribution is -2.44. The molecule has 1 atom stereocenters. The minimum Gasteiger partial charge on any atom is -0.461 e. The van der Waals surface area contributed by atoms with E-state index in [0.717, 1.165) is 0 Å². The van der Waals surface area contributed by atoms with Gasteiger partial charge in [0, 0.05) is 0 Å². The fourth-order valence-electron chi connectivity index (χ4n) is 1.50. The molecule has 0 N–H and O–H groups in total. The zero-order chi connectivity index (χ0) is 15.0. The van der Waals surface area contributed by atoms with Crippen molar-refractivity contribution in [1.29, 1.82) is 5.26 Å². The number of carbonyl (C=O) groups is 1. The van der Waals surface area contributed by atoms with Gasteiger partial charge in [0.2, 0.25) is 0 Å². The van der Waals surface area contributed by atoms with Crippen molar-refractivity contribution in [3.05, 3.63) is 35.9 Å². The molecule has 0 radical (unpaired) electrons. The number of ether oxygens (including phenoxy) is 2. The summed E-state index contributed by atoms with van der Waals surface area (Å²) >= 11 is 0. The van der Waals surface area contributed by atoms with Gasteiger partial charge in [0.25, 0.3) is 0 Å². The lowest BCUT2D eigenvalue weighted by Gasteiger charge is -2.23. The van der Waals surface area contributed by atoms with E-state index in [1.165, 1.54) is 6.92 Å². The molecule has 1 aromatic carbocycles. The monoisotopic (exact) mass is 283 g/mol. The number of nitrogens with zero attached hydrogens (tertiary/aromatic N) is 1. The molecule has 0 aromatic heterocycles. The van der Waals surface area contributed by atoms with Gasteiger partial charge in [0.1, 0.15) is 6.10 Å². The van der Waals surface area contributed by atoms with E-state index in [-0.39, 0.29) is 13.2 Å². The second-order valence-corrected chi connectivity index (χ2v) is 3.99. The Bertz CT molecular complexity index is 471. The first-order valence-electron chi connectivity index (χ1n) is 6.09. The molecular weight excluding hydrogens is 268 g/mol. The molecule has 1 unspecified atom stereocenters. The molecule has 0 spiro atoms. The van der Waals surface area contributed by atoms with E-state index >= 15 is 0 Å². The maximum atomic E-state index is 13.8. The van der Waals surface area contributed by atoms with Crippen LogP contribution >= 0.6 is 0 Å². The third-order valence-electron chi connectivity index (χ3n) is 2.52. The van der Waals surface area contributed by atoms with Crippen molar-refractivity contribution in [3.8, 4) is 6.07 Å². The van der Waals surface area contributed by atoms with Crippen molar-refractivity contribution in [2.75, 3.05) is 6.61 Å². The fourth-order valence-corrected chi connectivity index (χ4v) is 1.50. The number of hydrogen-bond donors (Lipinski definition) is 0. The number of rotatable bonds is 7. The molecule has 0 aliphatic carbocycles. The summed E-state index contributed by atoms with van der Waals surface area (Å²) < 4.78 is 37.0. The van der Waals surface area contributed by atoms with Gasteiger partial charge in [-0.15, -0.1) is 0 Å². The average Bonchev–Trinajstić information content (AvgIpc) is 2.44. The summed E-state index contributed by atoms with van der Waals surface area (Å²) in [4.78, 5) is 11.2. The summed E-state index contributed by atoms with van der Waals surface area (Å²) in [5.41, 5.74) is 0.676. The minimum atomic E-state index is -3.85. The number of alkyl halides is 2. The topological polar surface area (TPSA) is 59.3 Å². The molecule has 108 valence electrons. The van der Waals surface area contributed by atoms with Gasteiger partial charge in [-0.1, -0.05) is 30.3 Å². The van der Waals surface area contributed by atoms with Crippen LogP contribution in [0.4, 0.5) is 8.78 Å². The Balaban J connectivity index is 2.73. The van der Waals surface area contributed by atoms with Crippen LogP contribution in [0, 0.1) is 11.3 Å². The van der Waals surface area contributed by atoms with Crippen LogP contribution in [-0.2, 0) is 20.9 Å². The van der Waals surface area contributed by atoms with Crippen molar-refractivity contribution in [2.24, 2.45) is 0 Å². The Labute approximate surface area is 115 Å². The van der Waals surface area contributed by atoms with Crippen molar-refractivity contribution in [1.82, 2.24) is 0 Å². The van der Waals surface area contributed by atoms with E-state index in [1.54, 1.807) is 36.4 Å². The third-order valence-corrected chi connectivity index (χ3v) is 2.52. The van der Waals surface area contributed by atoms with Gasteiger partial charge in [-0.2, -0.15) is 14.0 Å². The maximum absolute atomic E-state index is 13.8. The van der Waals surface area contributed by atoms with Gasteiger partial charge in [0.15, 0.2) is 0 Å². The van der Waals surface area contributed by atoms with Crippen LogP contribution < -0.4 is 0 Å². The van der Waals surface area contributed by atoms with Crippen molar-refractivity contribution in [2.45, 2.75) is 32.0 Å². The van der Waals surface area contributed by atoms with E-state index in [1.807, 2.05) is 0 Å². The van der Waals surface area contributed by atoms with Crippen molar-refractivity contribution < 1.29 is 23.0 Å². The summed E-state index contributed by atoms with van der Waals surface area (Å²) in [5.74, 6) is -5.52. The summed E-state index contributed by atoms with van der Waals surface area (Å²) in [7, 11) is 0. The summed E-state index contributed by atoms with van der Waals surface area (Å²) in [6, 6.07) is 10.3. The Hall–Kier alpha value is -2.00. The van der Waals surface area contributed by atoms with E-state index in [2.05, 4.69) is 4.74 Å². The predicted molar refractivity (Wildman–Crippen MR) is 66.8 cm³/mol. The zero-order valence-electron chi connectivity index (χ0n) is 11.0. The van der Waals surface area contributed by atoms with Crippen LogP contribution in [0.3, 0.4) is 0 Å².